The zero-order valence-electron chi connectivity index (χ0n) is 10.7. The van der Waals surface area contributed by atoms with Crippen LogP contribution in [0.4, 0.5) is 4.39 Å². The molecule has 0 heterocycles. The van der Waals surface area contributed by atoms with E-state index >= 15 is 0 Å². The van der Waals surface area contributed by atoms with E-state index in [1.807, 2.05) is 13.8 Å². The van der Waals surface area contributed by atoms with Crippen LogP contribution in [0.1, 0.15) is 45.1 Å². The number of halogens is 1. The van der Waals surface area contributed by atoms with Crippen LogP contribution < -0.4 is 10.5 Å². The molecule has 1 aromatic rings. The van der Waals surface area contributed by atoms with Crippen LogP contribution in [-0.2, 0) is 6.54 Å². The predicted octanol–water partition coefficient (Wildman–Crippen LogP) is 3.63. The molecule has 0 bridgehead atoms. The molecule has 2 nitrogen and oxygen atoms in total. The summed E-state index contributed by atoms with van der Waals surface area (Å²) in [5.74, 6) is 0.0592. The average molecular weight is 239 g/mol. The van der Waals surface area contributed by atoms with Crippen molar-refractivity contribution in [1.29, 1.82) is 0 Å². The van der Waals surface area contributed by atoms with E-state index in [0.717, 1.165) is 18.4 Å². The molecule has 0 spiro atoms. The first kappa shape index (κ1) is 14.0. The number of nitrogens with two attached hydrogens (primary N) is 1. The molecule has 1 saturated carbocycles. The van der Waals surface area contributed by atoms with Crippen LogP contribution in [0.2, 0.25) is 0 Å². The summed E-state index contributed by atoms with van der Waals surface area (Å²) in [6.07, 6.45) is 4.62. The first-order chi connectivity index (χ1) is 8.29. The summed E-state index contributed by atoms with van der Waals surface area (Å²) in [6, 6.07) is 4.82. The van der Waals surface area contributed by atoms with Gasteiger partial charge in [0, 0.05) is 6.54 Å². The molecule has 1 fully saturated rings. The van der Waals surface area contributed by atoms with Gasteiger partial charge in [-0.1, -0.05) is 19.9 Å². The Balaban J connectivity index is 0.000000686. The first-order valence-electron chi connectivity index (χ1n) is 6.45. The summed E-state index contributed by atoms with van der Waals surface area (Å²) < 4.78 is 19.0. The summed E-state index contributed by atoms with van der Waals surface area (Å²) >= 11 is 0. The predicted molar refractivity (Wildman–Crippen MR) is 68.5 cm³/mol. The van der Waals surface area contributed by atoms with Gasteiger partial charge in [0.1, 0.15) is 0 Å². The van der Waals surface area contributed by atoms with Crippen molar-refractivity contribution < 1.29 is 9.13 Å². The third-order valence-corrected chi connectivity index (χ3v) is 2.83. The van der Waals surface area contributed by atoms with Crippen molar-refractivity contribution in [3.8, 4) is 5.75 Å². The average Bonchev–Trinajstić information content (AvgIpc) is 2.87. The normalized spacial score (nSPS) is 15.3. The molecule has 0 unspecified atom stereocenters. The molecule has 2 N–H and O–H groups in total. The zero-order valence-corrected chi connectivity index (χ0v) is 10.7. The fourth-order valence-corrected chi connectivity index (χ4v) is 1.95. The third kappa shape index (κ3) is 4.00. The number of hydrogen-bond acceptors (Lipinski definition) is 2. The molecule has 0 aliphatic heterocycles. The third-order valence-electron chi connectivity index (χ3n) is 2.83. The Kier molecular flexibility index (Phi) is 5.98. The van der Waals surface area contributed by atoms with Crippen molar-refractivity contribution in [2.24, 2.45) is 5.73 Å². The van der Waals surface area contributed by atoms with E-state index in [2.05, 4.69) is 0 Å². The monoisotopic (exact) mass is 239 g/mol. The summed E-state index contributed by atoms with van der Waals surface area (Å²) in [4.78, 5) is 0. The molecule has 1 aromatic carbocycles. The van der Waals surface area contributed by atoms with E-state index in [9.17, 15) is 4.39 Å². The summed E-state index contributed by atoms with van der Waals surface area (Å²) in [5, 5.41) is 0. The van der Waals surface area contributed by atoms with E-state index in [4.69, 9.17) is 10.5 Å². The van der Waals surface area contributed by atoms with E-state index in [1.165, 1.54) is 18.9 Å². The van der Waals surface area contributed by atoms with Crippen molar-refractivity contribution in [3.63, 3.8) is 0 Å². The lowest BCUT2D eigenvalue weighted by Crippen LogP contribution is -2.12. The van der Waals surface area contributed by atoms with Crippen LogP contribution in [0.25, 0.3) is 0 Å². The molecular formula is C14H22FNO. The van der Waals surface area contributed by atoms with Gasteiger partial charge >= 0.3 is 0 Å². The van der Waals surface area contributed by atoms with Crippen molar-refractivity contribution in [2.45, 2.75) is 52.2 Å². The summed E-state index contributed by atoms with van der Waals surface area (Å²) in [5.41, 5.74) is 6.41. The zero-order chi connectivity index (χ0) is 12.7. The van der Waals surface area contributed by atoms with Crippen LogP contribution in [0.5, 0.6) is 5.75 Å². The number of ether oxygens (including phenoxy) is 1. The second-order valence-corrected chi connectivity index (χ2v) is 3.99. The van der Waals surface area contributed by atoms with Gasteiger partial charge in [0.15, 0.2) is 11.6 Å². The maximum Gasteiger partial charge on any atom is 0.165 e. The van der Waals surface area contributed by atoms with Gasteiger partial charge in [-0.25, -0.2) is 4.39 Å². The van der Waals surface area contributed by atoms with E-state index in [-0.39, 0.29) is 11.9 Å². The van der Waals surface area contributed by atoms with Crippen LogP contribution in [-0.4, -0.2) is 6.10 Å². The Morgan fingerprint density at radius 1 is 1.29 bits per heavy atom. The highest BCUT2D eigenvalue weighted by atomic mass is 19.1. The number of benzene rings is 1. The van der Waals surface area contributed by atoms with E-state index in [1.54, 1.807) is 12.1 Å². The molecule has 3 heteroatoms. The van der Waals surface area contributed by atoms with Crippen LogP contribution in [0.3, 0.4) is 0 Å². The lowest BCUT2D eigenvalue weighted by Gasteiger charge is -2.14. The Morgan fingerprint density at radius 3 is 2.53 bits per heavy atom. The Labute approximate surface area is 103 Å². The van der Waals surface area contributed by atoms with Gasteiger partial charge in [-0.3, -0.25) is 0 Å². The van der Waals surface area contributed by atoms with E-state index in [0.29, 0.717) is 12.3 Å². The minimum atomic E-state index is -0.293. The van der Waals surface area contributed by atoms with Gasteiger partial charge < -0.3 is 10.5 Å². The number of hydrogen-bond donors (Lipinski definition) is 1. The molecule has 0 amide bonds. The molecule has 0 atom stereocenters. The Bertz CT molecular complexity index is 335. The highest BCUT2D eigenvalue weighted by molar-refractivity contribution is 5.30. The molecule has 2 rings (SSSR count). The highest BCUT2D eigenvalue weighted by Gasteiger charge is 2.18. The quantitative estimate of drug-likeness (QED) is 0.874. The second kappa shape index (κ2) is 7.28. The summed E-state index contributed by atoms with van der Waals surface area (Å²) in [7, 11) is 0. The van der Waals surface area contributed by atoms with Crippen molar-refractivity contribution in [2.75, 3.05) is 0 Å². The topological polar surface area (TPSA) is 35.2 Å². The van der Waals surface area contributed by atoms with Crippen LogP contribution in [0, 0.1) is 5.82 Å². The minimum Gasteiger partial charge on any atom is -0.487 e. The molecule has 96 valence electrons. The maximum absolute atomic E-state index is 13.4. The van der Waals surface area contributed by atoms with Crippen LogP contribution in [0.15, 0.2) is 18.2 Å². The standard InChI is InChI=1S/C12H16FNO.C2H6/c13-11-6-5-9(8-14)7-12(11)15-10-3-1-2-4-10;1-2/h5-7,10H,1-4,8,14H2;1-2H3. The van der Waals surface area contributed by atoms with E-state index < -0.39 is 0 Å². The smallest absolute Gasteiger partial charge is 0.165 e. The maximum atomic E-state index is 13.4. The minimum absolute atomic E-state index is 0.188. The Morgan fingerprint density at radius 2 is 1.94 bits per heavy atom. The van der Waals surface area contributed by atoms with Gasteiger partial charge in [0.25, 0.3) is 0 Å². The fraction of sp³-hybridized carbons (Fsp3) is 0.571. The molecule has 0 saturated heterocycles. The molecular weight excluding hydrogens is 217 g/mol. The molecule has 0 radical (unpaired) electrons. The van der Waals surface area contributed by atoms with Crippen molar-refractivity contribution >= 4 is 0 Å². The van der Waals surface area contributed by atoms with Crippen molar-refractivity contribution in [1.82, 2.24) is 0 Å². The summed E-state index contributed by atoms with van der Waals surface area (Å²) in [6.45, 7) is 4.42. The fourth-order valence-electron chi connectivity index (χ4n) is 1.95. The van der Waals surface area contributed by atoms with Gasteiger partial charge in [0.05, 0.1) is 6.10 Å². The molecule has 0 aromatic heterocycles. The highest BCUT2D eigenvalue weighted by Crippen LogP contribution is 2.26. The molecule has 1 aliphatic rings. The SMILES string of the molecule is CC.NCc1ccc(F)c(OC2CCCC2)c1. The van der Waals surface area contributed by atoms with Gasteiger partial charge in [-0.2, -0.15) is 0 Å². The molecule has 17 heavy (non-hydrogen) atoms. The number of rotatable bonds is 3. The molecule has 1 aliphatic carbocycles. The van der Waals surface area contributed by atoms with Gasteiger partial charge in [-0.15, -0.1) is 0 Å². The lowest BCUT2D eigenvalue weighted by atomic mass is 10.2. The lowest BCUT2D eigenvalue weighted by molar-refractivity contribution is 0.200. The van der Waals surface area contributed by atoms with Crippen LogP contribution >= 0.6 is 0 Å². The van der Waals surface area contributed by atoms with Gasteiger partial charge in [0.2, 0.25) is 0 Å². The largest absolute Gasteiger partial charge is 0.487 e. The second-order valence-electron chi connectivity index (χ2n) is 3.99. The van der Waals surface area contributed by atoms with Gasteiger partial charge in [-0.05, 0) is 43.4 Å². The first-order valence-corrected chi connectivity index (χ1v) is 6.45. The Hall–Kier alpha value is -1.09. The van der Waals surface area contributed by atoms with Crippen molar-refractivity contribution in [3.05, 3.63) is 29.6 Å².